The molecular weight excluding hydrogens is 231 g/mol. The number of halogens is 1. The number of carbonyl (C=O) groups is 1. The van der Waals surface area contributed by atoms with Gasteiger partial charge in [0.2, 0.25) is 5.91 Å². The van der Waals surface area contributed by atoms with Gasteiger partial charge in [0.15, 0.2) is 0 Å². The van der Waals surface area contributed by atoms with Gasteiger partial charge in [0.1, 0.15) is 5.82 Å². The molecule has 0 radical (unpaired) electrons. The Hall–Kier alpha value is -1.42. The number of nitrogens with two attached hydrogens (primary N) is 1. The number of amides is 1. The molecule has 2 unspecified atom stereocenters. The predicted octanol–water partition coefficient (Wildman–Crippen LogP) is 1.61. The molecule has 98 valence electrons. The van der Waals surface area contributed by atoms with Gasteiger partial charge in [-0.3, -0.25) is 4.79 Å². The lowest BCUT2D eigenvalue weighted by atomic mass is 9.63. The maximum Gasteiger partial charge on any atom is 0.224 e. The van der Waals surface area contributed by atoms with Crippen molar-refractivity contribution in [2.75, 3.05) is 0 Å². The van der Waals surface area contributed by atoms with Crippen LogP contribution in [-0.4, -0.2) is 18.0 Å². The number of carbonyl (C=O) groups excluding carboxylic acids is 1. The summed E-state index contributed by atoms with van der Waals surface area (Å²) in [5.74, 6) is -0.322. The summed E-state index contributed by atoms with van der Waals surface area (Å²) in [6.07, 6.45) is 1.10. The first-order valence-corrected chi connectivity index (χ1v) is 6.19. The van der Waals surface area contributed by atoms with E-state index < -0.39 is 0 Å². The molecule has 2 atom stereocenters. The monoisotopic (exact) mass is 250 g/mol. The second-order valence-electron chi connectivity index (χ2n) is 5.59. The van der Waals surface area contributed by atoms with E-state index in [-0.39, 0.29) is 35.6 Å². The Morgan fingerprint density at radius 1 is 1.44 bits per heavy atom. The molecule has 1 aromatic rings. The average molecular weight is 250 g/mol. The summed E-state index contributed by atoms with van der Waals surface area (Å²) in [4.78, 5) is 11.8. The van der Waals surface area contributed by atoms with Crippen LogP contribution >= 0.6 is 0 Å². The molecule has 0 aromatic heterocycles. The van der Waals surface area contributed by atoms with Crippen molar-refractivity contribution in [2.24, 2.45) is 11.1 Å². The van der Waals surface area contributed by atoms with Gasteiger partial charge in [-0.05, 0) is 24.1 Å². The molecule has 0 bridgehead atoms. The molecule has 0 aliphatic heterocycles. The fourth-order valence-electron chi connectivity index (χ4n) is 2.24. The molecule has 3 N–H and O–H groups in total. The van der Waals surface area contributed by atoms with Crippen LogP contribution in [0.2, 0.25) is 0 Å². The van der Waals surface area contributed by atoms with Crippen LogP contribution in [0.3, 0.4) is 0 Å². The Balaban J connectivity index is 1.88. The lowest BCUT2D eigenvalue weighted by molar-refractivity contribution is -0.123. The summed E-state index contributed by atoms with van der Waals surface area (Å²) in [5.41, 5.74) is 6.67. The smallest absolute Gasteiger partial charge is 0.224 e. The van der Waals surface area contributed by atoms with E-state index in [2.05, 4.69) is 19.2 Å². The van der Waals surface area contributed by atoms with Crippen LogP contribution in [-0.2, 0) is 11.2 Å². The summed E-state index contributed by atoms with van der Waals surface area (Å²) in [6, 6.07) is 6.28. The third kappa shape index (κ3) is 2.53. The van der Waals surface area contributed by atoms with Gasteiger partial charge in [-0.15, -0.1) is 0 Å². The van der Waals surface area contributed by atoms with E-state index in [1.165, 1.54) is 12.1 Å². The topological polar surface area (TPSA) is 55.1 Å². The minimum absolute atomic E-state index is 0.0356. The quantitative estimate of drug-likeness (QED) is 0.856. The molecular formula is C14H19FN2O. The number of rotatable bonds is 3. The zero-order valence-corrected chi connectivity index (χ0v) is 10.7. The van der Waals surface area contributed by atoms with Crippen LogP contribution in [0, 0.1) is 11.2 Å². The highest BCUT2D eigenvalue weighted by Crippen LogP contribution is 2.38. The van der Waals surface area contributed by atoms with Gasteiger partial charge in [0, 0.05) is 17.5 Å². The summed E-state index contributed by atoms with van der Waals surface area (Å²) in [7, 11) is 0. The van der Waals surface area contributed by atoms with Gasteiger partial charge in [-0.2, -0.15) is 0 Å². The fourth-order valence-corrected chi connectivity index (χ4v) is 2.24. The Bertz CT molecular complexity index is 442. The van der Waals surface area contributed by atoms with E-state index >= 15 is 0 Å². The van der Waals surface area contributed by atoms with Gasteiger partial charge in [-0.1, -0.05) is 26.0 Å². The van der Waals surface area contributed by atoms with Crippen molar-refractivity contribution in [1.82, 2.24) is 5.32 Å². The van der Waals surface area contributed by atoms with E-state index in [0.29, 0.717) is 0 Å². The van der Waals surface area contributed by atoms with E-state index in [4.69, 9.17) is 5.73 Å². The van der Waals surface area contributed by atoms with Gasteiger partial charge in [0.25, 0.3) is 0 Å². The lowest BCUT2D eigenvalue weighted by Crippen LogP contribution is -2.64. The lowest BCUT2D eigenvalue weighted by Gasteiger charge is -2.50. The first kappa shape index (κ1) is 13.0. The number of nitrogens with one attached hydrogen (secondary N) is 1. The second-order valence-corrected chi connectivity index (χ2v) is 5.59. The first-order valence-electron chi connectivity index (χ1n) is 6.19. The molecule has 1 aliphatic carbocycles. The molecule has 1 aliphatic rings. The van der Waals surface area contributed by atoms with Crippen LogP contribution in [0.15, 0.2) is 24.3 Å². The van der Waals surface area contributed by atoms with Crippen molar-refractivity contribution in [1.29, 1.82) is 0 Å². The molecule has 3 nitrogen and oxygen atoms in total. The molecule has 0 spiro atoms. The van der Waals surface area contributed by atoms with E-state index in [1.807, 2.05) is 0 Å². The zero-order valence-electron chi connectivity index (χ0n) is 10.7. The highest BCUT2D eigenvalue weighted by molar-refractivity contribution is 5.79. The maximum absolute atomic E-state index is 12.7. The first-order chi connectivity index (χ1) is 8.39. The van der Waals surface area contributed by atoms with Crippen molar-refractivity contribution in [3.05, 3.63) is 35.6 Å². The van der Waals surface area contributed by atoms with Crippen LogP contribution < -0.4 is 11.1 Å². The summed E-state index contributed by atoms with van der Waals surface area (Å²) < 4.78 is 12.7. The average Bonchev–Trinajstić information content (AvgIpc) is 2.32. The minimum Gasteiger partial charge on any atom is -0.352 e. The van der Waals surface area contributed by atoms with Crippen LogP contribution in [0.5, 0.6) is 0 Å². The Kier molecular flexibility index (Phi) is 3.39. The van der Waals surface area contributed by atoms with Crippen LogP contribution in [0.25, 0.3) is 0 Å². The standard InChI is InChI=1S/C14H19FN2O/c1-14(2)11(16)8-12(14)17-13(18)7-9-3-5-10(15)6-4-9/h3-6,11-12H,7-8,16H2,1-2H3,(H,17,18). The van der Waals surface area contributed by atoms with Crippen molar-refractivity contribution in [3.8, 4) is 0 Å². The third-order valence-corrected chi connectivity index (χ3v) is 3.96. The van der Waals surface area contributed by atoms with Crippen LogP contribution in [0.1, 0.15) is 25.8 Å². The molecule has 4 heteroatoms. The Labute approximate surface area is 107 Å². The normalized spacial score (nSPS) is 25.3. The molecule has 0 saturated heterocycles. The molecule has 2 rings (SSSR count). The van der Waals surface area contributed by atoms with Crippen LogP contribution in [0.4, 0.5) is 4.39 Å². The van der Waals surface area contributed by atoms with Crippen molar-refractivity contribution >= 4 is 5.91 Å². The molecule has 18 heavy (non-hydrogen) atoms. The summed E-state index contributed by atoms with van der Waals surface area (Å²) in [6.45, 7) is 4.12. The van der Waals surface area contributed by atoms with Gasteiger partial charge < -0.3 is 11.1 Å². The summed E-state index contributed by atoms with van der Waals surface area (Å²) in [5, 5.41) is 2.99. The number of hydrogen-bond acceptors (Lipinski definition) is 2. The van der Waals surface area contributed by atoms with Crippen molar-refractivity contribution in [3.63, 3.8) is 0 Å². The summed E-state index contributed by atoms with van der Waals surface area (Å²) >= 11 is 0. The molecule has 1 saturated carbocycles. The van der Waals surface area contributed by atoms with Gasteiger partial charge in [0.05, 0.1) is 6.42 Å². The Morgan fingerprint density at radius 3 is 2.56 bits per heavy atom. The van der Waals surface area contributed by atoms with Crippen molar-refractivity contribution in [2.45, 2.75) is 38.8 Å². The third-order valence-electron chi connectivity index (χ3n) is 3.96. The molecule has 1 fully saturated rings. The highest BCUT2D eigenvalue weighted by Gasteiger charge is 2.46. The largest absolute Gasteiger partial charge is 0.352 e. The van der Waals surface area contributed by atoms with E-state index in [0.717, 1.165) is 12.0 Å². The van der Waals surface area contributed by atoms with Gasteiger partial charge in [-0.25, -0.2) is 4.39 Å². The molecule has 1 aromatic carbocycles. The molecule has 0 heterocycles. The maximum atomic E-state index is 12.7. The van der Waals surface area contributed by atoms with Gasteiger partial charge >= 0.3 is 0 Å². The SMILES string of the molecule is CC1(C)C(N)CC1NC(=O)Cc1ccc(F)cc1. The highest BCUT2D eigenvalue weighted by atomic mass is 19.1. The van der Waals surface area contributed by atoms with E-state index in [1.54, 1.807) is 12.1 Å². The fraction of sp³-hybridized carbons (Fsp3) is 0.500. The number of benzene rings is 1. The van der Waals surface area contributed by atoms with Crippen molar-refractivity contribution < 1.29 is 9.18 Å². The minimum atomic E-state index is -0.287. The second kappa shape index (κ2) is 4.69. The molecule has 1 amide bonds. The van der Waals surface area contributed by atoms with E-state index in [9.17, 15) is 9.18 Å². The predicted molar refractivity (Wildman–Crippen MR) is 68.4 cm³/mol. The number of hydrogen-bond donors (Lipinski definition) is 2. The zero-order chi connectivity index (χ0) is 13.3. The Morgan fingerprint density at radius 2 is 2.06 bits per heavy atom.